The smallest absolute Gasteiger partial charge is 0.234 e. The molecule has 0 atom stereocenters. The number of benzene rings is 2. The van der Waals surface area contributed by atoms with Crippen LogP contribution in [0.25, 0.3) is 0 Å². The third-order valence-electron chi connectivity index (χ3n) is 4.83. The Kier molecular flexibility index (Phi) is 7.20. The summed E-state index contributed by atoms with van der Waals surface area (Å²) >= 11 is 0. The van der Waals surface area contributed by atoms with Crippen LogP contribution in [0.5, 0.6) is 0 Å². The van der Waals surface area contributed by atoms with Gasteiger partial charge in [0.15, 0.2) is 0 Å². The van der Waals surface area contributed by atoms with Crippen LogP contribution in [-0.2, 0) is 14.9 Å². The fraction of sp³-hybridized carbons (Fsp3) is 0.458. The summed E-state index contributed by atoms with van der Waals surface area (Å²) in [5.41, 5.74) is 1.11. The van der Waals surface area contributed by atoms with Crippen molar-refractivity contribution in [2.24, 2.45) is 11.3 Å². The molecule has 27 heavy (non-hydrogen) atoms. The Morgan fingerprint density at radius 1 is 0.926 bits per heavy atom. The zero-order valence-electron chi connectivity index (χ0n) is 17.3. The molecular weight excluding hydrogens is 334 g/mol. The Morgan fingerprint density at radius 2 is 1.41 bits per heavy atom. The lowest BCUT2D eigenvalue weighted by Crippen LogP contribution is -2.47. The van der Waals surface area contributed by atoms with Crippen molar-refractivity contribution in [2.75, 3.05) is 19.8 Å². The van der Waals surface area contributed by atoms with Crippen molar-refractivity contribution < 1.29 is 9.53 Å². The van der Waals surface area contributed by atoms with Crippen LogP contribution < -0.4 is 5.32 Å². The summed E-state index contributed by atoms with van der Waals surface area (Å²) in [6, 6.07) is 19.9. The minimum Gasteiger partial charge on any atom is -0.381 e. The summed E-state index contributed by atoms with van der Waals surface area (Å²) in [5.74, 6) is 0.520. The molecule has 0 heterocycles. The molecule has 2 rings (SSSR count). The topological polar surface area (TPSA) is 38.3 Å². The van der Waals surface area contributed by atoms with Gasteiger partial charge in [0, 0.05) is 18.6 Å². The first-order chi connectivity index (χ1) is 12.8. The molecule has 0 saturated carbocycles. The highest BCUT2D eigenvalue weighted by atomic mass is 16.5. The van der Waals surface area contributed by atoms with E-state index in [-0.39, 0.29) is 11.3 Å². The fourth-order valence-corrected chi connectivity index (χ4v) is 3.09. The summed E-state index contributed by atoms with van der Waals surface area (Å²) < 4.78 is 5.80. The van der Waals surface area contributed by atoms with Gasteiger partial charge in [0.2, 0.25) is 5.91 Å². The van der Waals surface area contributed by atoms with Crippen molar-refractivity contribution in [3.63, 3.8) is 0 Å². The van der Waals surface area contributed by atoms with Crippen molar-refractivity contribution in [2.45, 2.75) is 40.0 Å². The molecule has 146 valence electrons. The molecule has 0 aliphatic heterocycles. The Labute approximate surface area is 164 Å². The van der Waals surface area contributed by atoms with Crippen molar-refractivity contribution in [1.82, 2.24) is 5.32 Å². The lowest BCUT2D eigenvalue weighted by Gasteiger charge is -2.32. The van der Waals surface area contributed by atoms with Gasteiger partial charge in [0.1, 0.15) is 0 Å². The number of hydrogen-bond acceptors (Lipinski definition) is 2. The van der Waals surface area contributed by atoms with E-state index in [1.165, 1.54) is 0 Å². The van der Waals surface area contributed by atoms with Gasteiger partial charge in [-0.2, -0.15) is 0 Å². The van der Waals surface area contributed by atoms with E-state index in [1.807, 2.05) is 67.6 Å². The molecular formula is C24H33NO2. The Hall–Kier alpha value is -2.13. The highest BCUT2D eigenvalue weighted by Crippen LogP contribution is 2.32. The average Bonchev–Trinajstić information content (AvgIpc) is 2.66. The quantitative estimate of drug-likeness (QED) is 0.691. The second-order valence-corrected chi connectivity index (χ2v) is 8.61. The van der Waals surface area contributed by atoms with Crippen LogP contribution in [0, 0.1) is 11.3 Å². The van der Waals surface area contributed by atoms with E-state index >= 15 is 0 Å². The monoisotopic (exact) mass is 367 g/mol. The molecule has 0 saturated heterocycles. The molecule has 2 aromatic rings. The van der Waals surface area contributed by atoms with Crippen molar-refractivity contribution in [3.05, 3.63) is 71.8 Å². The van der Waals surface area contributed by atoms with Crippen molar-refractivity contribution >= 4 is 5.91 Å². The molecule has 3 nitrogen and oxygen atoms in total. The van der Waals surface area contributed by atoms with Gasteiger partial charge in [-0.3, -0.25) is 4.79 Å². The lowest BCUT2D eigenvalue weighted by molar-refractivity contribution is -0.125. The van der Waals surface area contributed by atoms with Gasteiger partial charge < -0.3 is 10.1 Å². The van der Waals surface area contributed by atoms with E-state index in [9.17, 15) is 4.79 Å². The van der Waals surface area contributed by atoms with E-state index in [0.29, 0.717) is 19.1 Å². The summed E-state index contributed by atoms with van der Waals surface area (Å²) in [5, 5.41) is 3.18. The predicted molar refractivity (Wildman–Crippen MR) is 112 cm³/mol. The Balaban J connectivity index is 2.16. The highest BCUT2D eigenvalue weighted by Gasteiger charge is 2.37. The molecule has 0 aliphatic rings. The Bertz CT molecular complexity index is 668. The van der Waals surface area contributed by atoms with Gasteiger partial charge in [-0.25, -0.2) is 0 Å². The number of carbonyl (C=O) groups excluding carboxylic acids is 1. The number of amides is 1. The van der Waals surface area contributed by atoms with E-state index < -0.39 is 5.41 Å². The molecule has 0 radical (unpaired) electrons. The van der Waals surface area contributed by atoms with Crippen molar-refractivity contribution in [3.8, 4) is 0 Å². The molecule has 1 amide bonds. The van der Waals surface area contributed by atoms with Crippen LogP contribution in [0.1, 0.15) is 45.7 Å². The van der Waals surface area contributed by atoms with Gasteiger partial charge in [-0.05, 0) is 24.0 Å². The molecule has 1 N–H and O–H groups in total. The van der Waals surface area contributed by atoms with Crippen LogP contribution in [-0.4, -0.2) is 25.7 Å². The van der Waals surface area contributed by atoms with E-state index in [4.69, 9.17) is 4.74 Å². The molecule has 0 spiro atoms. The summed E-state index contributed by atoms with van der Waals surface area (Å²) in [7, 11) is 0. The van der Waals surface area contributed by atoms with Gasteiger partial charge >= 0.3 is 0 Å². The average molecular weight is 368 g/mol. The van der Waals surface area contributed by atoms with Gasteiger partial charge in [0.05, 0.1) is 12.0 Å². The maximum atomic E-state index is 13.3. The number of rotatable bonds is 9. The summed E-state index contributed by atoms with van der Waals surface area (Å²) in [6.07, 6.45) is 0. The minimum absolute atomic E-state index is 0.0110. The predicted octanol–water partition coefficient (Wildman–Crippen LogP) is 4.81. The Morgan fingerprint density at radius 3 is 1.85 bits per heavy atom. The van der Waals surface area contributed by atoms with Gasteiger partial charge in [-0.15, -0.1) is 0 Å². The summed E-state index contributed by atoms with van der Waals surface area (Å²) in [4.78, 5) is 13.3. The minimum atomic E-state index is -0.739. The van der Waals surface area contributed by atoms with Crippen LogP contribution in [0.15, 0.2) is 60.7 Å². The van der Waals surface area contributed by atoms with Crippen LogP contribution in [0.3, 0.4) is 0 Å². The molecule has 0 aromatic heterocycles. The van der Waals surface area contributed by atoms with Crippen LogP contribution >= 0.6 is 0 Å². The second-order valence-electron chi connectivity index (χ2n) is 8.61. The zero-order chi connectivity index (χ0) is 19.9. The third-order valence-corrected chi connectivity index (χ3v) is 4.83. The third kappa shape index (κ3) is 5.67. The van der Waals surface area contributed by atoms with Crippen molar-refractivity contribution in [1.29, 1.82) is 0 Å². The maximum Gasteiger partial charge on any atom is 0.234 e. The standard InChI is InChI=1S/C24H33NO2/c1-19(2)16-27-18-23(3,4)17-25-22(26)24(5,20-12-8-6-9-13-20)21-14-10-7-11-15-21/h6-15,19H,16-18H2,1-5H3,(H,25,26). The normalized spacial score (nSPS) is 12.2. The van der Waals surface area contributed by atoms with E-state index in [0.717, 1.165) is 17.7 Å². The number of hydrogen-bond donors (Lipinski definition) is 1. The summed E-state index contributed by atoms with van der Waals surface area (Å²) in [6.45, 7) is 12.4. The van der Waals surface area contributed by atoms with Gasteiger partial charge in [-0.1, -0.05) is 88.4 Å². The second kappa shape index (κ2) is 9.18. The molecule has 0 unspecified atom stereocenters. The van der Waals surface area contributed by atoms with Gasteiger partial charge in [0.25, 0.3) is 0 Å². The highest BCUT2D eigenvalue weighted by molar-refractivity contribution is 5.91. The SMILES string of the molecule is CC(C)COCC(C)(C)CNC(=O)C(C)(c1ccccc1)c1ccccc1. The first kappa shape index (κ1) is 21.2. The zero-order valence-corrected chi connectivity index (χ0v) is 17.3. The molecule has 0 bridgehead atoms. The number of carbonyl (C=O) groups is 1. The first-order valence-corrected chi connectivity index (χ1v) is 9.73. The van der Waals surface area contributed by atoms with E-state index in [1.54, 1.807) is 0 Å². The lowest BCUT2D eigenvalue weighted by atomic mass is 9.75. The van der Waals surface area contributed by atoms with E-state index in [2.05, 4.69) is 33.0 Å². The molecule has 0 fully saturated rings. The van der Waals surface area contributed by atoms with Crippen LogP contribution in [0.2, 0.25) is 0 Å². The number of ether oxygens (including phenoxy) is 1. The largest absolute Gasteiger partial charge is 0.381 e. The number of nitrogens with one attached hydrogen (secondary N) is 1. The molecule has 2 aromatic carbocycles. The first-order valence-electron chi connectivity index (χ1n) is 9.73. The van der Waals surface area contributed by atoms with Crippen LogP contribution in [0.4, 0.5) is 0 Å². The fourth-order valence-electron chi connectivity index (χ4n) is 3.09. The maximum absolute atomic E-state index is 13.3. The molecule has 3 heteroatoms. The molecule has 0 aliphatic carbocycles.